The number of benzene rings is 2. The van der Waals surface area contributed by atoms with Gasteiger partial charge >= 0.3 is 5.97 Å². The predicted molar refractivity (Wildman–Crippen MR) is 129 cm³/mol. The number of imide groups is 1. The SMILES string of the molecule is CCOC(=O)CN1C(=O)S/C(=C\c2ccc(OCCOc3ccc(C)cc3)c(OCC)c2)C1=O. The summed E-state index contributed by atoms with van der Waals surface area (Å²) < 4.78 is 22.0. The number of ether oxygens (including phenoxy) is 4. The van der Waals surface area contributed by atoms with Crippen LogP contribution >= 0.6 is 11.8 Å². The van der Waals surface area contributed by atoms with Crippen LogP contribution in [-0.4, -0.2) is 55.0 Å². The van der Waals surface area contributed by atoms with Crippen LogP contribution in [0.2, 0.25) is 0 Å². The van der Waals surface area contributed by atoms with E-state index in [9.17, 15) is 14.4 Å². The highest BCUT2D eigenvalue weighted by molar-refractivity contribution is 8.18. The summed E-state index contributed by atoms with van der Waals surface area (Å²) >= 11 is 0.778. The molecule has 9 heteroatoms. The first-order valence-electron chi connectivity index (χ1n) is 10.9. The summed E-state index contributed by atoms with van der Waals surface area (Å²) in [5.74, 6) is 0.665. The van der Waals surface area contributed by atoms with Crippen LogP contribution in [0.4, 0.5) is 4.79 Å². The first-order valence-corrected chi connectivity index (χ1v) is 11.7. The summed E-state index contributed by atoms with van der Waals surface area (Å²) in [6.07, 6.45) is 1.59. The number of carbonyl (C=O) groups is 3. The standard InChI is InChI=1S/C25H27NO7S/c1-4-30-21-14-18(15-22-24(28)26(25(29)34-22)16-23(27)31-5-2)8-11-20(21)33-13-12-32-19-9-6-17(3)7-10-19/h6-11,14-15H,4-5,12-13,16H2,1-3H3/b22-15-. The van der Waals surface area contributed by atoms with Crippen molar-refractivity contribution in [1.82, 2.24) is 4.90 Å². The van der Waals surface area contributed by atoms with E-state index in [2.05, 4.69) is 0 Å². The number of hydrogen-bond acceptors (Lipinski definition) is 8. The number of carbonyl (C=O) groups excluding carboxylic acids is 3. The van der Waals surface area contributed by atoms with Gasteiger partial charge < -0.3 is 18.9 Å². The second kappa shape index (κ2) is 12.1. The normalized spacial score (nSPS) is 14.4. The van der Waals surface area contributed by atoms with E-state index in [0.29, 0.717) is 36.9 Å². The molecule has 0 aromatic heterocycles. The second-order valence-corrected chi connectivity index (χ2v) is 8.22. The highest BCUT2D eigenvalue weighted by Crippen LogP contribution is 2.34. The molecule has 2 amide bonds. The molecule has 0 N–H and O–H groups in total. The third kappa shape index (κ3) is 6.77. The van der Waals surface area contributed by atoms with Gasteiger partial charge in [0.15, 0.2) is 11.5 Å². The van der Waals surface area contributed by atoms with Crippen LogP contribution in [-0.2, 0) is 14.3 Å². The van der Waals surface area contributed by atoms with E-state index < -0.39 is 23.7 Å². The summed E-state index contributed by atoms with van der Waals surface area (Å²) in [4.78, 5) is 37.5. The highest BCUT2D eigenvalue weighted by Gasteiger charge is 2.36. The molecule has 0 spiro atoms. The fourth-order valence-corrected chi connectivity index (χ4v) is 3.91. The summed E-state index contributed by atoms with van der Waals surface area (Å²) in [5, 5.41) is -0.511. The van der Waals surface area contributed by atoms with Crippen LogP contribution in [0.1, 0.15) is 25.0 Å². The molecule has 0 bridgehead atoms. The Bertz CT molecular complexity index is 1070. The van der Waals surface area contributed by atoms with Gasteiger partial charge in [0.2, 0.25) is 0 Å². The molecule has 180 valence electrons. The predicted octanol–water partition coefficient (Wildman–Crippen LogP) is 4.45. The second-order valence-electron chi connectivity index (χ2n) is 7.22. The zero-order valence-electron chi connectivity index (χ0n) is 19.4. The lowest BCUT2D eigenvalue weighted by atomic mass is 10.2. The Morgan fingerprint density at radius 2 is 1.68 bits per heavy atom. The van der Waals surface area contributed by atoms with Crippen molar-refractivity contribution in [1.29, 1.82) is 0 Å². The molecule has 1 fully saturated rings. The summed E-state index contributed by atoms with van der Waals surface area (Å²) in [5.41, 5.74) is 1.82. The molecule has 2 aromatic rings. The molecule has 0 unspecified atom stereocenters. The number of hydrogen-bond donors (Lipinski definition) is 0. The van der Waals surface area contributed by atoms with Crippen molar-refractivity contribution < 1.29 is 33.3 Å². The van der Waals surface area contributed by atoms with Gasteiger partial charge in [-0.1, -0.05) is 23.8 Å². The minimum absolute atomic E-state index is 0.178. The van der Waals surface area contributed by atoms with Crippen molar-refractivity contribution in [3.8, 4) is 17.2 Å². The molecule has 2 aromatic carbocycles. The smallest absolute Gasteiger partial charge is 0.326 e. The zero-order chi connectivity index (χ0) is 24.5. The average Bonchev–Trinajstić information content (AvgIpc) is 3.06. The van der Waals surface area contributed by atoms with Crippen LogP contribution in [0.5, 0.6) is 17.2 Å². The van der Waals surface area contributed by atoms with Gasteiger partial charge in [-0.2, -0.15) is 0 Å². The fourth-order valence-electron chi connectivity index (χ4n) is 3.07. The number of thioether (sulfide) groups is 1. The van der Waals surface area contributed by atoms with E-state index >= 15 is 0 Å². The van der Waals surface area contributed by atoms with Crippen LogP contribution in [0.3, 0.4) is 0 Å². The van der Waals surface area contributed by atoms with Gasteiger partial charge in [-0.15, -0.1) is 0 Å². The van der Waals surface area contributed by atoms with Crippen molar-refractivity contribution in [2.75, 3.05) is 33.0 Å². The van der Waals surface area contributed by atoms with Gasteiger partial charge in [-0.3, -0.25) is 19.3 Å². The molecule has 0 aliphatic carbocycles. The molecule has 3 rings (SSSR count). The van der Waals surface area contributed by atoms with E-state index in [0.717, 1.165) is 28.0 Å². The molecule has 1 heterocycles. The van der Waals surface area contributed by atoms with Crippen molar-refractivity contribution in [3.05, 3.63) is 58.5 Å². The van der Waals surface area contributed by atoms with Gasteiger partial charge in [0.25, 0.3) is 11.1 Å². The largest absolute Gasteiger partial charge is 0.490 e. The Balaban J connectivity index is 1.64. The van der Waals surface area contributed by atoms with Gasteiger partial charge in [0, 0.05) is 0 Å². The summed E-state index contributed by atoms with van der Waals surface area (Å²) in [7, 11) is 0. The van der Waals surface area contributed by atoms with Crippen LogP contribution in [0.15, 0.2) is 47.4 Å². The van der Waals surface area contributed by atoms with Crippen LogP contribution in [0.25, 0.3) is 6.08 Å². The molecule has 8 nitrogen and oxygen atoms in total. The number of amides is 2. The Kier molecular flexibility index (Phi) is 8.98. The lowest BCUT2D eigenvalue weighted by Gasteiger charge is -2.13. The Labute approximate surface area is 202 Å². The third-order valence-corrected chi connectivity index (χ3v) is 5.57. The first kappa shape index (κ1) is 25.2. The summed E-state index contributed by atoms with van der Waals surface area (Å²) in [6.45, 7) is 6.42. The Morgan fingerprint density at radius 3 is 2.38 bits per heavy atom. The Morgan fingerprint density at radius 1 is 0.941 bits per heavy atom. The van der Waals surface area contributed by atoms with Gasteiger partial charge in [-0.05, 0) is 68.4 Å². The zero-order valence-corrected chi connectivity index (χ0v) is 20.2. The van der Waals surface area contributed by atoms with Gasteiger partial charge in [0.05, 0.1) is 18.1 Å². The molecule has 0 saturated carbocycles. The van der Waals surface area contributed by atoms with Crippen molar-refractivity contribution in [3.63, 3.8) is 0 Å². The third-order valence-electron chi connectivity index (χ3n) is 4.66. The molecule has 1 aliphatic heterocycles. The molecule has 1 aliphatic rings. The number of esters is 1. The lowest BCUT2D eigenvalue weighted by molar-refractivity contribution is -0.145. The van der Waals surface area contributed by atoms with E-state index in [4.69, 9.17) is 18.9 Å². The number of aryl methyl sites for hydroxylation is 1. The van der Waals surface area contributed by atoms with Gasteiger partial charge in [-0.25, -0.2) is 0 Å². The quantitative estimate of drug-likeness (QED) is 0.262. The topological polar surface area (TPSA) is 91.4 Å². The van der Waals surface area contributed by atoms with Crippen molar-refractivity contribution in [2.24, 2.45) is 0 Å². The van der Waals surface area contributed by atoms with Gasteiger partial charge in [0.1, 0.15) is 25.5 Å². The van der Waals surface area contributed by atoms with E-state index in [1.165, 1.54) is 0 Å². The molecular formula is C25H27NO7S. The molecule has 34 heavy (non-hydrogen) atoms. The monoisotopic (exact) mass is 485 g/mol. The number of nitrogens with zero attached hydrogens (tertiary/aromatic N) is 1. The van der Waals surface area contributed by atoms with Crippen LogP contribution < -0.4 is 14.2 Å². The van der Waals surface area contributed by atoms with E-state index in [1.807, 2.05) is 38.1 Å². The highest BCUT2D eigenvalue weighted by atomic mass is 32.2. The van der Waals surface area contributed by atoms with Crippen LogP contribution in [0, 0.1) is 6.92 Å². The minimum atomic E-state index is -0.627. The molecular weight excluding hydrogens is 458 g/mol. The maximum absolute atomic E-state index is 12.6. The number of rotatable bonds is 11. The first-order chi connectivity index (χ1) is 16.4. The maximum Gasteiger partial charge on any atom is 0.326 e. The molecule has 0 radical (unpaired) electrons. The van der Waals surface area contributed by atoms with Crippen molar-refractivity contribution >= 4 is 35.0 Å². The van der Waals surface area contributed by atoms with E-state index in [-0.39, 0.29) is 11.5 Å². The fraction of sp³-hybridized carbons (Fsp3) is 0.320. The summed E-state index contributed by atoms with van der Waals surface area (Å²) in [6, 6.07) is 13.0. The van der Waals surface area contributed by atoms with Crippen molar-refractivity contribution in [2.45, 2.75) is 20.8 Å². The molecule has 0 atom stereocenters. The minimum Gasteiger partial charge on any atom is -0.490 e. The maximum atomic E-state index is 12.6. The lowest BCUT2D eigenvalue weighted by Crippen LogP contribution is -2.34. The van der Waals surface area contributed by atoms with E-state index in [1.54, 1.807) is 31.2 Å². The molecule has 1 saturated heterocycles. The Hall–Kier alpha value is -3.46. The average molecular weight is 486 g/mol.